The molecule has 1 aliphatic rings. The largest absolute Gasteiger partial charge is 0.482 e. The Kier molecular flexibility index (Phi) is 3.46. The minimum Gasteiger partial charge on any atom is -0.482 e. The average molecular weight is 336 g/mol. The van der Waals surface area contributed by atoms with Crippen LogP contribution in [0.5, 0.6) is 5.75 Å². The minimum atomic E-state index is -0.717. The van der Waals surface area contributed by atoms with E-state index in [4.69, 9.17) is 9.15 Å². The molecule has 2 N–H and O–H groups in total. The van der Waals surface area contributed by atoms with Crippen molar-refractivity contribution < 1.29 is 18.7 Å². The van der Waals surface area contributed by atoms with E-state index in [2.05, 4.69) is 10.6 Å². The van der Waals surface area contributed by atoms with Gasteiger partial charge in [0, 0.05) is 11.1 Å². The summed E-state index contributed by atoms with van der Waals surface area (Å²) >= 11 is 0. The molecule has 4 rings (SSSR count). The molecule has 0 saturated heterocycles. The summed E-state index contributed by atoms with van der Waals surface area (Å²) in [6.45, 7) is -0.0448. The molecule has 0 atom stereocenters. The highest BCUT2D eigenvalue weighted by Gasteiger charge is 2.18. The second-order valence-electron chi connectivity index (χ2n) is 5.49. The summed E-state index contributed by atoms with van der Waals surface area (Å²) in [7, 11) is 0. The van der Waals surface area contributed by atoms with Crippen LogP contribution in [0.1, 0.15) is 10.4 Å². The summed E-state index contributed by atoms with van der Waals surface area (Å²) in [5, 5.41) is 5.93. The predicted molar refractivity (Wildman–Crippen MR) is 91.0 cm³/mol. The topological polar surface area (TPSA) is 97.6 Å². The first-order valence-electron chi connectivity index (χ1n) is 7.51. The average Bonchev–Trinajstić information content (AvgIpc) is 2.60. The Labute approximate surface area is 141 Å². The molecule has 1 aliphatic heterocycles. The molecule has 0 saturated carbocycles. The van der Waals surface area contributed by atoms with Crippen molar-refractivity contribution in [3.8, 4) is 5.75 Å². The highest BCUT2D eigenvalue weighted by molar-refractivity contribution is 6.06. The molecule has 0 fully saturated rings. The van der Waals surface area contributed by atoms with Gasteiger partial charge in [0.2, 0.25) is 0 Å². The Morgan fingerprint density at radius 2 is 1.92 bits per heavy atom. The lowest BCUT2D eigenvalue weighted by Crippen LogP contribution is -2.25. The number of para-hydroxylation sites is 1. The molecule has 2 amide bonds. The SMILES string of the molecule is O=C1COc2ccc(NC(=O)c3cc4ccccc4oc3=O)cc2N1. The van der Waals surface area contributed by atoms with Crippen LogP contribution in [-0.4, -0.2) is 18.4 Å². The first-order chi connectivity index (χ1) is 12.1. The van der Waals surface area contributed by atoms with E-state index in [9.17, 15) is 14.4 Å². The Balaban J connectivity index is 1.64. The van der Waals surface area contributed by atoms with Crippen molar-refractivity contribution in [3.63, 3.8) is 0 Å². The highest BCUT2D eigenvalue weighted by atomic mass is 16.5. The maximum absolute atomic E-state index is 12.4. The number of rotatable bonds is 2. The molecule has 0 radical (unpaired) electrons. The molecule has 124 valence electrons. The Morgan fingerprint density at radius 3 is 2.80 bits per heavy atom. The summed E-state index contributed by atoms with van der Waals surface area (Å²) in [6, 6.07) is 13.2. The summed E-state index contributed by atoms with van der Waals surface area (Å²) < 4.78 is 10.4. The molecule has 1 aromatic heterocycles. The number of benzene rings is 2. The molecule has 3 aromatic rings. The van der Waals surface area contributed by atoms with Crippen LogP contribution in [-0.2, 0) is 4.79 Å². The maximum atomic E-state index is 12.4. The van der Waals surface area contributed by atoms with E-state index in [1.54, 1.807) is 42.5 Å². The Morgan fingerprint density at radius 1 is 1.08 bits per heavy atom. The second-order valence-corrected chi connectivity index (χ2v) is 5.49. The van der Waals surface area contributed by atoms with E-state index < -0.39 is 11.5 Å². The number of hydrogen-bond donors (Lipinski definition) is 2. The van der Waals surface area contributed by atoms with Gasteiger partial charge in [-0.05, 0) is 30.3 Å². The number of ether oxygens (including phenoxy) is 1. The second kappa shape index (κ2) is 5.79. The molecule has 0 aliphatic carbocycles. The third-order valence-electron chi connectivity index (χ3n) is 3.76. The van der Waals surface area contributed by atoms with Crippen LogP contribution in [0.15, 0.2) is 57.7 Å². The van der Waals surface area contributed by atoms with E-state index in [1.165, 1.54) is 6.07 Å². The van der Waals surface area contributed by atoms with Gasteiger partial charge in [0.15, 0.2) is 6.61 Å². The fourth-order valence-corrected chi connectivity index (χ4v) is 2.58. The van der Waals surface area contributed by atoms with Crippen LogP contribution in [0.25, 0.3) is 11.0 Å². The van der Waals surface area contributed by atoms with Gasteiger partial charge in [0.25, 0.3) is 11.8 Å². The minimum absolute atomic E-state index is 0.0448. The zero-order valence-corrected chi connectivity index (χ0v) is 12.9. The maximum Gasteiger partial charge on any atom is 0.349 e. The van der Waals surface area contributed by atoms with Crippen molar-refractivity contribution in [1.82, 2.24) is 0 Å². The fraction of sp³-hybridized carbons (Fsp3) is 0.0556. The van der Waals surface area contributed by atoms with Gasteiger partial charge in [-0.2, -0.15) is 0 Å². The molecule has 0 bridgehead atoms. The standard InChI is InChI=1S/C18H12N2O5/c21-16-9-24-15-6-5-11(8-13(15)20-16)19-17(22)12-7-10-3-1-2-4-14(10)25-18(12)23/h1-8H,9H2,(H,19,22)(H,20,21). The molecule has 7 heteroatoms. The van der Waals surface area contributed by atoms with Gasteiger partial charge in [-0.25, -0.2) is 4.79 Å². The first-order valence-corrected chi connectivity index (χ1v) is 7.51. The normalized spacial score (nSPS) is 12.9. The van der Waals surface area contributed by atoms with Crippen molar-refractivity contribution in [2.24, 2.45) is 0 Å². The Hall–Kier alpha value is -3.61. The van der Waals surface area contributed by atoms with Crippen molar-refractivity contribution in [2.75, 3.05) is 17.2 Å². The lowest BCUT2D eigenvalue weighted by molar-refractivity contribution is -0.118. The third kappa shape index (κ3) is 2.83. The van der Waals surface area contributed by atoms with Crippen LogP contribution < -0.4 is 21.0 Å². The van der Waals surface area contributed by atoms with Crippen LogP contribution in [0.4, 0.5) is 11.4 Å². The number of fused-ring (bicyclic) bond motifs is 2. The zero-order valence-electron chi connectivity index (χ0n) is 12.9. The van der Waals surface area contributed by atoms with Crippen LogP contribution in [0.3, 0.4) is 0 Å². The number of carbonyl (C=O) groups excluding carboxylic acids is 2. The molecular formula is C18H12N2O5. The van der Waals surface area contributed by atoms with Crippen molar-refractivity contribution in [3.05, 3.63) is 64.5 Å². The Bertz CT molecular complexity index is 1070. The molecule has 25 heavy (non-hydrogen) atoms. The summed E-state index contributed by atoms with van der Waals surface area (Å²) in [4.78, 5) is 35.8. The van der Waals surface area contributed by atoms with E-state index in [-0.39, 0.29) is 18.1 Å². The lowest BCUT2D eigenvalue weighted by atomic mass is 10.1. The van der Waals surface area contributed by atoms with Crippen molar-refractivity contribution >= 4 is 34.2 Å². The van der Waals surface area contributed by atoms with E-state index in [0.717, 1.165) is 0 Å². The summed E-state index contributed by atoms with van der Waals surface area (Å²) in [5.74, 6) is -0.350. The van der Waals surface area contributed by atoms with E-state index >= 15 is 0 Å². The first kappa shape index (κ1) is 14.9. The van der Waals surface area contributed by atoms with Gasteiger partial charge in [-0.3, -0.25) is 9.59 Å². The highest BCUT2D eigenvalue weighted by Crippen LogP contribution is 2.30. The van der Waals surface area contributed by atoms with Gasteiger partial charge in [-0.1, -0.05) is 18.2 Å². The number of hydrogen-bond acceptors (Lipinski definition) is 5. The number of carbonyl (C=O) groups is 2. The van der Waals surface area contributed by atoms with E-state index in [1.807, 2.05) is 0 Å². The quantitative estimate of drug-likeness (QED) is 0.700. The number of anilines is 2. The zero-order chi connectivity index (χ0) is 17.4. The monoisotopic (exact) mass is 336 g/mol. The van der Waals surface area contributed by atoms with Gasteiger partial charge in [-0.15, -0.1) is 0 Å². The molecule has 0 spiro atoms. The van der Waals surface area contributed by atoms with Crippen LogP contribution >= 0.6 is 0 Å². The molecule has 7 nitrogen and oxygen atoms in total. The number of amides is 2. The number of nitrogens with one attached hydrogen (secondary N) is 2. The lowest BCUT2D eigenvalue weighted by Gasteiger charge is -2.18. The van der Waals surface area contributed by atoms with Crippen LogP contribution in [0.2, 0.25) is 0 Å². The summed E-state index contributed by atoms with van der Waals surface area (Å²) in [6.07, 6.45) is 0. The van der Waals surface area contributed by atoms with Crippen molar-refractivity contribution in [1.29, 1.82) is 0 Å². The smallest absolute Gasteiger partial charge is 0.349 e. The molecule has 2 aromatic carbocycles. The van der Waals surface area contributed by atoms with Crippen molar-refractivity contribution in [2.45, 2.75) is 0 Å². The van der Waals surface area contributed by atoms with Gasteiger partial charge in [0.1, 0.15) is 16.9 Å². The van der Waals surface area contributed by atoms with Gasteiger partial charge >= 0.3 is 5.63 Å². The third-order valence-corrected chi connectivity index (χ3v) is 3.76. The van der Waals surface area contributed by atoms with E-state index in [0.29, 0.717) is 28.1 Å². The van der Waals surface area contributed by atoms with Gasteiger partial charge < -0.3 is 19.8 Å². The summed E-state index contributed by atoms with van der Waals surface area (Å²) in [5.41, 5.74) is 0.474. The molecular weight excluding hydrogens is 324 g/mol. The molecule has 0 unspecified atom stereocenters. The van der Waals surface area contributed by atoms with Crippen LogP contribution in [0, 0.1) is 0 Å². The van der Waals surface area contributed by atoms with Gasteiger partial charge in [0.05, 0.1) is 5.69 Å². The fourth-order valence-electron chi connectivity index (χ4n) is 2.58. The molecule has 2 heterocycles. The predicted octanol–water partition coefficient (Wildman–Crippen LogP) is 2.38.